The van der Waals surface area contributed by atoms with Crippen molar-refractivity contribution in [3.8, 4) is 11.5 Å². The minimum Gasteiger partial charge on any atom is -0.493 e. The smallest absolute Gasteiger partial charge is 0.163 e. The molecule has 2 aromatic carbocycles. The Bertz CT molecular complexity index is 1190. The van der Waals surface area contributed by atoms with Crippen molar-refractivity contribution < 1.29 is 14.3 Å². The molecule has 2 heterocycles. The fourth-order valence-electron chi connectivity index (χ4n) is 4.64. The molecule has 0 spiro atoms. The molecule has 1 aliphatic heterocycles. The first kappa shape index (κ1) is 20.1. The number of ether oxygens (including phenoxy) is 2. The molecule has 3 aromatic rings. The maximum absolute atomic E-state index is 13.6. The third-order valence-corrected chi connectivity index (χ3v) is 6.23. The van der Waals surface area contributed by atoms with Gasteiger partial charge in [0.15, 0.2) is 17.3 Å². The Balaban J connectivity index is 1.57. The molecule has 0 fully saturated rings. The number of rotatable bonds is 4. The van der Waals surface area contributed by atoms with Gasteiger partial charge in [-0.05, 0) is 59.9 Å². The molecule has 0 saturated heterocycles. The Labute approximate surface area is 187 Å². The summed E-state index contributed by atoms with van der Waals surface area (Å²) in [5.41, 5.74) is 5.78. The number of benzene rings is 2. The summed E-state index contributed by atoms with van der Waals surface area (Å²) in [4.78, 5) is 17.7. The summed E-state index contributed by atoms with van der Waals surface area (Å²) in [7, 11) is 3.25. The van der Waals surface area contributed by atoms with E-state index in [1.54, 1.807) is 26.6 Å². The molecule has 0 saturated carbocycles. The van der Waals surface area contributed by atoms with Crippen molar-refractivity contribution in [1.82, 2.24) is 4.98 Å². The lowest BCUT2D eigenvalue weighted by molar-refractivity contribution is -0.116. The third kappa shape index (κ3) is 3.58. The van der Waals surface area contributed by atoms with Crippen LogP contribution in [0.3, 0.4) is 0 Å². The van der Waals surface area contributed by atoms with Gasteiger partial charge in [0.2, 0.25) is 0 Å². The Morgan fingerprint density at radius 1 is 0.875 bits per heavy atom. The van der Waals surface area contributed by atoms with E-state index in [1.165, 1.54) is 0 Å². The Morgan fingerprint density at radius 3 is 2.38 bits per heavy atom. The summed E-state index contributed by atoms with van der Waals surface area (Å²) in [5.74, 6) is 1.55. The van der Waals surface area contributed by atoms with Gasteiger partial charge in [-0.3, -0.25) is 9.78 Å². The third-order valence-electron chi connectivity index (χ3n) is 6.23. The first-order valence-corrected chi connectivity index (χ1v) is 10.7. The lowest BCUT2D eigenvalue weighted by atomic mass is 9.78. The van der Waals surface area contributed by atoms with Crippen LogP contribution in [-0.4, -0.2) is 25.0 Å². The number of fused-ring (bicyclic) bond motifs is 1. The van der Waals surface area contributed by atoms with Crippen molar-refractivity contribution in [3.63, 3.8) is 0 Å². The summed E-state index contributed by atoms with van der Waals surface area (Å²) in [6.45, 7) is 0. The van der Waals surface area contributed by atoms with Gasteiger partial charge in [0.1, 0.15) is 0 Å². The fraction of sp³-hybridized carbons (Fsp3) is 0.231. The number of anilines is 2. The van der Waals surface area contributed by atoms with E-state index in [4.69, 9.17) is 9.47 Å². The van der Waals surface area contributed by atoms with Gasteiger partial charge in [0.25, 0.3) is 0 Å². The number of carbonyl (C=O) groups is 1. The van der Waals surface area contributed by atoms with Crippen molar-refractivity contribution in [2.45, 2.75) is 24.8 Å². The molecular weight excluding hydrogens is 402 g/mol. The minimum absolute atomic E-state index is 0.0527. The van der Waals surface area contributed by atoms with E-state index in [-0.39, 0.29) is 17.7 Å². The monoisotopic (exact) mass is 427 g/mol. The highest BCUT2D eigenvalue weighted by atomic mass is 16.5. The van der Waals surface area contributed by atoms with Gasteiger partial charge in [-0.1, -0.05) is 18.2 Å². The van der Waals surface area contributed by atoms with Gasteiger partial charge in [0, 0.05) is 30.1 Å². The lowest BCUT2D eigenvalue weighted by Crippen LogP contribution is -2.26. The van der Waals surface area contributed by atoms with E-state index in [2.05, 4.69) is 15.6 Å². The summed E-state index contributed by atoms with van der Waals surface area (Å²) in [6.07, 6.45) is 4.70. The van der Waals surface area contributed by atoms with Crippen molar-refractivity contribution >= 4 is 17.2 Å². The second kappa shape index (κ2) is 8.38. The van der Waals surface area contributed by atoms with E-state index in [1.807, 2.05) is 54.6 Å². The van der Waals surface area contributed by atoms with Gasteiger partial charge in [-0.25, -0.2) is 0 Å². The molecule has 1 aromatic heterocycles. The van der Waals surface area contributed by atoms with Gasteiger partial charge in [-0.15, -0.1) is 0 Å². The predicted octanol–water partition coefficient (Wildman–Crippen LogP) is 5.08. The van der Waals surface area contributed by atoms with E-state index >= 15 is 0 Å². The van der Waals surface area contributed by atoms with E-state index in [0.29, 0.717) is 17.9 Å². The Kier molecular flexibility index (Phi) is 5.27. The maximum atomic E-state index is 13.6. The molecule has 0 radical (unpaired) electrons. The highest BCUT2D eigenvalue weighted by molar-refractivity contribution is 6.01. The molecular formula is C26H25N3O3. The number of pyridine rings is 1. The van der Waals surface area contributed by atoms with Gasteiger partial charge < -0.3 is 20.1 Å². The number of para-hydroxylation sites is 2. The Morgan fingerprint density at radius 2 is 1.62 bits per heavy atom. The number of nitrogens with one attached hydrogen (secondary N) is 2. The molecule has 162 valence electrons. The van der Waals surface area contributed by atoms with Crippen molar-refractivity contribution in [3.05, 3.63) is 89.4 Å². The van der Waals surface area contributed by atoms with Crippen LogP contribution in [0.5, 0.6) is 11.5 Å². The molecule has 6 heteroatoms. The summed E-state index contributed by atoms with van der Waals surface area (Å²) in [6, 6.07) is 17.7. The fourth-order valence-corrected chi connectivity index (χ4v) is 4.64. The topological polar surface area (TPSA) is 72.5 Å². The molecule has 0 bridgehead atoms. The highest BCUT2D eigenvalue weighted by Gasteiger charge is 2.36. The summed E-state index contributed by atoms with van der Waals surface area (Å²) >= 11 is 0. The average molecular weight is 428 g/mol. The van der Waals surface area contributed by atoms with Gasteiger partial charge >= 0.3 is 0 Å². The number of Topliss-reactive ketones (excluding diaryl/α,β-unsaturated/α-hetero) is 1. The van der Waals surface area contributed by atoms with E-state index in [9.17, 15) is 4.79 Å². The molecule has 6 nitrogen and oxygen atoms in total. The zero-order chi connectivity index (χ0) is 22.1. The Hall–Kier alpha value is -3.80. The summed E-state index contributed by atoms with van der Waals surface area (Å²) < 4.78 is 10.9. The van der Waals surface area contributed by atoms with Crippen LogP contribution in [0.2, 0.25) is 0 Å². The van der Waals surface area contributed by atoms with Crippen LogP contribution in [-0.2, 0) is 4.79 Å². The maximum Gasteiger partial charge on any atom is 0.163 e. The van der Waals surface area contributed by atoms with Crippen molar-refractivity contribution in [2.24, 2.45) is 0 Å². The zero-order valence-corrected chi connectivity index (χ0v) is 18.1. The van der Waals surface area contributed by atoms with Gasteiger partial charge in [0.05, 0.1) is 31.6 Å². The van der Waals surface area contributed by atoms with Crippen LogP contribution in [0.1, 0.15) is 35.9 Å². The standard InChI is InChI=1S/C26H25N3O3/c1-31-23-8-7-17(15-24(23)32-2)18-13-21-25(22(30)14-18)26(16-9-11-27-12-10-16)29-20-6-4-3-5-19(20)28-21/h3-12,15,18,26,28-29H,13-14H2,1-2H3/t18-,26+/m1/s1. The lowest BCUT2D eigenvalue weighted by Gasteiger charge is -2.30. The minimum atomic E-state index is -0.233. The largest absolute Gasteiger partial charge is 0.493 e. The number of methoxy groups -OCH3 is 2. The molecule has 2 N–H and O–H groups in total. The molecule has 2 atom stereocenters. The van der Waals surface area contributed by atoms with Crippen LogP contribution in [0.4, 0.5) is 11.4 Å². The molecule has 5 rings (SSSR count). The number of allylic oxidation sites excluding steroid dienone is 1. The van der Waals surface area contributed by atoms with Crippen LogP contribution >= 0.6 is 0 Å². The quantitative estimate of drug-likeness (QED) is 0.605. The van der Waals surface area contributed by atoms with Crippen LogP contribution < -0.4 is 20.1 Å². The normalized spacial score (nSPS) is 19.8. The number of aromatic nitrogens is 1. The number of nitrogens with zero attached hydrogens (tertiary/aromatic N) is 1. The van der Waals surface area contributed by atoms with E-state index < -0.39 is 0 Å². The second-order valence-electron chi connectivity index (χ2n) is 8.06. The molecule has 1 aliphatic carbocycles. The van der Waals surface area contributed by atoms with Gasteiger partial charge in [-0.2, -0.15) is 0 Å². The highest BCUT2D eigenvalue weighted by Crippen LogP contribution is 2.45. The molecule has 0 amide bonds. The first-order valence-electron chi connectivity index (χ1n) is 10.7. The van der Waals surface area contributed by atoms with Crippen LogP contribution in [0.15, 0.2) is 78.3 Å². The molecule has 2 aliphatic rings. The molecule has 0 unspecified atom stereocenters. The number of hydrogen-bond donors (Lipinski definition) is 2. The number of carbonyl (C=O) groups excluding carboxylic acids is 1. The summed E-state index contributed by atoms with van der Waals surface area (Å²) in [5, 5.41) is 7.15. The average Bonchev–Trinajstić information content (AvgIpc) is 3.01. The van der Waals surface area contributed by atoms with E-state index in [0.717, 1.165) is 40.2 Å². The van der Waals surface area contributed by atoms with Crippen molar-refractivity contribution in [1.29, 1.82) is 0 Å². The van der Waals surface area contributed by atoms with Crippen LogP contribution in [0.25, 0.3) is 0 Å². The first-order chi connectivity index (χ1) is 15.7. The van der Waals surface area contributed by atoms with Crippen LogP contribution in [0, 0.1) is 0 Å². The predicted molar refractivity (Wildman–Crippen MR) is 124 cm³/mol. The SMILES string of the molecule is COc1ccc([C@H]2CC(=O)C3=C(C2)Nc2ccccc2N[C@H]3c2ccncc2)cc1OC. The number of hydrogen-bond acceptors (Lipinski definition) is 6. The van der Waals surface area contributed by atoms with Crippen molar-refractivity contribution in [2.75, 3.05) is 24.9 Å². The number of ketones is 1. The second-order valence-corrected chi connectivity index (χ2v) is 8.06. The molecule has 32 heavy (non-hydrogen) atoms. The zero-order valence-electron chi connectivity index (χ0n) is 18.1.